The zero-order valence-electron chi connectivity index (χ0n) is 12.9. The summed E-state index contributed by atoms with van der Waals surface area (Å²) in [6.45, 7) is 8.24. The molecule has 2 N–H and O–H groups in total. The number of nitrogens with two attached hydrogens (primary N) is 1. The topological polar surface area (TPSA) is 29.3 Å². The molecule has 0 amide bonds. The van der Waals surface area contributed by atoms with Gasteiger partial charge >= 0.3 is 0 Å². The highest BCUT2D eigenvalue weighted by Gasteiger charge is 2.44. The minimum Gasteiger partial charge on any atom is -0.364 e. The molecule has 0 aliphatic heterocycles. The van der Waals surface area contributed by atoms with Gasteiger partial charge in [-0.3, -0.25) is 0 Å². The molecule has 1 saturated carbocycles. The van der Waals surface area contributed by atoms with Gasteiger partial charge < -0.3 is 10.6 Å². The molecule has 1 fully saturated rings. The van der Waals surface area contributed by atoms with Gasteiger partial charge in [0.15, 0.2) is 0 Å². The van der Waals surface area contributed by atoms with Crippen LogP contribution in [0.2, 0.25) is 0 Å². The second-order valence-electron chi connectivity index (χ2n) is 6.19. The van der Waals surface area contributed by atoms with Crippen LogP contribution >= 0.6 is 0 Å². The lowest BCUT2D eigenvalue weighted by Crippen LogP contribution is -2.61. The van der Waals surface area contributed by atoms with Gasteiger partial charge in [-0.1, -0.05) is 32.8 Å². The molecule has 0 spiro atoms. The fourth-order valence-corrected chi connectivity index (χ4v) is 3.91. The Morgan fingerprint density at radius 3 is 2.75 bits per heavy atom. The van der Waals surface area contributed by atoms with Gasteiger partial charge in [0.2, 0.25) is 0 Å². The average molecular weight is 278 g/mol. The van der Waals surface area contributed by atoms with E-state index < -0.39 is 0 Å². The number of benzene rings is 1. The van der Waals surface area contributed by atoms with Crippen molar-refractivity contribution in [1.29, 1.82) is 0 Å². The van der Waals surface area contributed by atoms with Crippen LogP contribution in [0.25, 0.3) is 0 Å². The predicted octanol–water partition coefficient (Wildman–Crippen LogP) is 3.81. The van der Waals surface area contributed by atoms with Crippen LogP contribution in [0.3, 0.4) is 0 Å². The number of nitrogens with zero attached hydrogens (tertiary/aromatic N) is 1. The molecule has 2 nitrogen and oxygen atoms in total. The molecule has 2 rings (SSSR count). The fourth-order valence-electron chi connectivity index (χ4n) is 3.91. The number of hydrogen-bond acceptors (Lipinski definition) is 2. The van der Waals surface area contributed by atoms with E-state index >= 15 is 0 Å². The molecule has 0 aromatic heterocycles. The molecule has 3 unspecified atom stereocenters. The molecule has 0 heterocycles. The van der Waals surface area contributed by atoms with E-state index in [9.17, 15) is 4.39 Å². The van der Waals surface area contributed by atoms with Crippen molar-refractivity contribution in [3.05, 3.63) is 30.1 Å². The highest BCUT2D eigenvalue weighted by atomic mass is 19.1. The van der Waals surface area contributed by atoms with E-state index in [2.05, 4.69) is 25.7 Å². The molecule has 1 aromatic carbocycles. The summed E-state index contributed by atoms with van der Waals surface area (Å²) < 4.78 is 13.6. The first-order valence-corrected chi connectivity index (χ1v) is 7.78. The minimum atomic E-state index is -0.176. The van der Waals surface area contributed by atoms with E-state index in [-0.39, 0.29) is 11.4 Å². The molecule has 0 bridgehead atoms. The summed E-state index contributed by atoms with van der Waals surface area (Å²) in [5, 5.41) is 0. The van der Waals surface area contributed by atoms with Crippen molar-refractivity contribution in [3.8, 4) is 0 Å². The first kappa shape index (κ1) is 15.3. The van der Waals surface area contributed by atoms with Crippen molar-refractivity contribution in [2.24, 2.45) is 17.6 Å². The summed E-state index contributed by atoms with van der Waals surface area (Å²) in [5.41, 5.74) is 7.12. The van der Waals surface area contributed by atoms with E-state index in [1.165, 1.54) is 18.9 Å². The monoisotopic (exact) mass is 278 g/mol. The Morgan fingerprint density at radius 1 is 1.40 bits per heavy atom. The van der Waals surface area contributed by atoms with Gasteiger partial charge in [-0.25, -0.2) is 4.39 Å². The Bertz CT molecular complexity index is 448. The second kappa shape index (κ2) is 6.13. The fraction of sp³-hybridized carbons (Fsp3) is 0.647. The molecule has 0 saturated heterocycles. The summed E-state index contributed by atoms with van der Waals surface area (Å²) in [5.74, 6) is 1.00. The van der Waals surface area contributed by atoms with Gasteiger partial charge in [0, 0.05) is 18.8 Å². The van der Waals surface area contributed by atoms with Gasteiger partial charge in [-0.2, -0.15) is 0 Å². The SMILES string of the molecule is CCN(c1cccc(F)c1)C1(CN)CCCC(C)C1C. The van der Waals surface area contributed by atoms with Crippen LogP contribution in [0.5, 0.6) is 0 Å². The third-order valence-electron chi connectivity index (χ3n) is 5.30. The number of halogens is 1. The van der Waals surface area contributed by atoms with E-state index in [0.717, 1.165) is 18.7 Å². The van der Waals surface area contributed by atoms with Crippen molar-refractivity contribution < 1.29 is 4.39 Å². The Labute approximate surface area is 122 Å². The molecule has 1 aliphatic carbocycles. The Balaban J connectivity index is 2.41. The quantitative estimate of drug-likeness (QED) is 0.907. The van der Waals surface area contributed by atoms with Crippen LogP contribution in [0.15, 0.2) is 24.3 Å². The van der Waals surface area contributed by atoms with Gasteiger partial charge in [-0.15, -0.1) is 0 Å². The maximum absolute atomic E-state index is 13.6. The predicted molar refractivity (Wildman–Crippen MR) is 83.4 cm³/mol. The van der Waals surface area contributed by atoms with Crippen LogP contribution in [0.4, 0.5) is 10.1 Å². The zero-order valence-corrected chi connectivity index (χ0v) is 12.9. The van der Waals surface area contributed by atoms with Crippen LogP contribution in [-0.2, 0) is 0 Å². The van der Waals surface area contributed by atoms with Crippen LogP contribution in [-0.4, -0.2) is 18.6 Å². The lowest BCUT2D eigenvalue weighted by atomic mass is 9.67. The lowest BCUT2D eigenvalue weighted by molar-refractivity contribution is 0.140. The van der Waals surface area contributed by atoms with Crippen molar-refractivity contribution in [1.82, 2.24) is 0 Å². The molecule has 0 radical (unpaired) electrons. The smallest absolute Gasteiger partial charge is 0.125 e. The largest absolute Gasteiger partial charge is 0.364 e. The van der Waals surface area contributed by atoms with Crippen molar-refractivity contribution in [2.75, 3.05) is 18.0 Å². The van der Waals surface area contributed by atoms with Crippen molar-refractivity contribution in [2.45, 2.75) is 45.6 Å². The molecule has 20 heavy (non-hydrogen) atoms. The van der Waals surface area contributed by atoms with E-state index in [0.29, 0.717) is 18.4 Å². The third-order valence-corrected chi connectivity index (χ3v) is 5.30. The third kappa shape index (κ3) is 2.56. The molecule has 3 atom stereocenters. The van der Waals surface area contributed by atoms with E-state index in [1.54, 1.807) is 12.1 Å². The number of likely N-dealkylation sites (N-methyl/N-ethyl adjacent to an activating group) is 1. The summed E-state index contributed by atoms with van der Waals surface area (Å²) in [4.78, 5) is 2.33. The zero-order chi connectivity index (χ0) is 14.8. The van der Waals surface area contributed by atoms with Crippen LogP contribution in [0.1, 0.15) is 40.0 Å². The summed E-state index contributed by atoms with van der Waals surface area (Å²) in [6, 6.07) is 6.91. The summed E-state index contributed by atoms with van der Waals surface area (Å²) in [7, 11) is 0. The van der Waals surface area contributed by atoms with Gasteiger partial charge in [0.05, 0.1) is 5.54 Å². The van der Waals surface area contributed by atoms with Crippen molar-refractivity contribution >= 4 is 5.69 Å². The average Bonchev–Trinajstić information content (AvgIpc) is 2.44. The summed E-state index contributed by atoms with van der Waals surface area (Å²) >= 11 is 0. The number of anilines is 1. The van der Waals surface area contributed by atoms with E-state index in [1.807, 2.05) is 6.07 Å². The minimum absolute atomic E-state index is 0.0415. The molecular weight excluding hydrogens is 251 g/mol. The first-order chi connectivity index (χ1) is 9.55. The molecule has 112 valence electrons. The first-order valence-electron chi connectivity index (χ1n) is 7.78. The Morgan fingerprint density at radius 2 is 2.15 bits per heavy atom. The molecule has 1 aromatic rings. The standard InChI is InChI=1S/C17H27FN2/c1-4-20(16-9-5-8-15(18)11-16)17(12-19)10-6-7-13(2)14(17)3/h5,8-9,11,13-14H,4,6-7,10,12,19H2,1-3H3. The summed E-state index contributed by atoms with van der Waals surface area (Å²) in [6.07, 6.45) is 3.57. The van der Waals surface area contributed by atoms with Gasteiger partial charge in [0.1, 0.15) is 5.82 Å². The normalized spacial score (nSPS) is 30.2. The maximum Gasteiger partial charge on any atom is 0.125 e. The molecule has 1 aliphatic rings. The van der Waals surface area contributed by atoms with Crippen LogP contribution < -0.4 is 10.6 Å². The van der Waals surface area contributed by atoms with Gasteiger partial charge in [-0.05, 0) is 43.4 Å². The van der Waals surface area contributed by atoms with Gasteiger partial charge in [0.25, 0.3) is 0 Å². The Hall–Kier alpha value is -1.09. The van der Waals surface area contributed by atoms with E-state index in [4.69, 9.17) is 5.73 Å². The molecular formula is C17H27FN2. The highest BCUT2D eigenvalue weighted by molar-refractivity contribution is 5.50. The number of hydrogen-bond donors (Lipinski definition) is 1. The molecule has 3 heteroatoms. The van der Waals surface area contributed by atoms with Crippen LogP contribution in [0, 0.1) is 17.7 Å². The second-order valence-corrected chi connectivity index (χ2v) is 6.19. The Kier molecular flexibility index (Phi) is 4.69. The highest BCUT2D eigenvalue weighted by Crippen LogP contribution is 2.43. The number of rotatable bonds is 4. The maximum atomic E-state index is 13.6. The lowest BCUT2D eigenvalue weighted by Gasteiger charge is -2.53. The van der Waals surface area contributed by atoms with Crippen molar-refractivity contribution in [3.63, 3.8) is 0 Å².